The summed E-state index contributed by atoms with van der Waals surface area (Å²) in [6.45, 7) is 3.26. The Kier molecular flexibility index (Phi) is 2.95. The van der Waals surface area contributed by atoms with Gasteiger partial charge in [-0.3, -0.25) is 0 Å². The summed E-state index contributed by atoms with van der Waals surface area (Å²) < 4.78 is 31.1. The SMILES string of the molecule is Cc1noc(NS(=O)(=O)c2cc(N)ccc2C)n1. The van der Waals surface area contributed by atoms with E-state index in [4.69, 9.17) is 10.3 Å². The summed E-state index contributed by atoms with van der Waals surface area (Å²) in [5.41, 5.74) is 6.52. The Morgan fingerprint density at radius 3 is 2.67 bits per heavy atom. The lowest BCUT2D eigenvalue weighted by Gasteiger charge is -2.07. The van der Waals surface area contributed by atoms with Crippen LogP contribution in [-0.2, 0) is 10.0 Å². The van der Waals surface area contributed by atoms with Crippen LogP contribution in [0, 0.1) is 13.8 Å². The maximum Gasteiger partial charge on any atom is 0.335 e. The van der Waals surface area contributed by atoms with Gasteiger partial charge in [0.15, 0.2) is 5.82 Å². The van der Waals surface area contributed by atoms with E-state index in [1.165, 1.54) is 6.07 Å². The van der Waals surface area contributed by atoms with Gasteiger partial charge in [0.2, 0.25) is 0 Å². The third-order valence-electron chi connectivity index (χ3n) is 2.25. The molecule has 0 saturated carbocycles. The van der Waals surface area contributed by atoms with Gasteiger partial charge in [0.25, 0.3) is 10.0 Å². The minimum Gasteiger partial charge on any atom is -0.399 e. The van der Waals surface area contributed by atoms with E-state index >= 15 is 0 Å². The van der Waals surface area contributed by atoms with Gasteiger partial charge in [0, 0.05) is 5.69 Å². The summed E-state index contributed by atoms with van der Waals surface area (Å²) in [4.78, 5) is 3.86. The first-order chi connectivity index (χ1) is 8.38. The molecule has 0 aliphatic rings. The van der Waals surface area contributed by atoms with Gasteiger partial charge in [-0.1, -0.05) is 11.2 Å². The minimum atomic E-state index is -3.78. The number of hydrogen-bond acceptors (Lipinski definition) is 6. The molecule has 2 aromatic rings. The maximum absolute atomic E-state index is 12.1. The van der Waals surface area contributed by atoms with Crippen molar-refractivity contribution in [3.63, 3.8) is 0 Å². The molecular weight excluding hydrogens is 256 g/mol. The second-order valence-electron chi connectivity index (χ2n) is 3.78. The molecule has 0 atom stereocenters. The Bertz CT molecular complexity index is 678. The lowest BCUT2D eigenvalue weighted by molar-refractivity contribution is 0.429. The standard InChI is InChI=1S/C10H12N4O3S/c1-6-3-4-8(11)5-9(6)18(15,16)14-10-12-7(2)13-17-10/h3-5H,11H2,1-2H3,(H,12,13,14). The first kappa shape index (κ1) is 12.4. The topological polar surface area (TPSA) is 111 Å². The second-order valence-corrected chi connectivity index (χ2v) is 5.43. The summed E-state index contributed by atoms with van der Waals surface area (Å²) in [6.07, 6.45) is 0. The Hall–Kier alpha value is -2.09. The van der Waals surface area contributed by atoms with Crippen LogP contribution >= 0.6 is 0 Å². The van der Waals surface area contributed by atoms with Gasteiger partial charge in [-0.15, -0.1) is 0 Å². The fraction of sp³-hybridized carbons (Fsp3) is 0.200. The number of benzene rings is 1. The van der Waals surface area contributed by atoms with Gasteiger partial charge >= 0.3 is 6.01 Å². The molecule has 0 unspecified atom stereocenters. The van der Waals surface area contributed by atoms with Crippen LogP contribution in [0.5, 0.6) is 0 Å². The van der Waals surface area contributed by atoms with E-state index in [2.05, 4.69) is 14.9 Å². The highest BCUT2D eigenvalue weighted by atomic mass is 32.2. The molecule has 0 amide bonds. The number of nitrogens with zero attached hydrogens (tertiary/aromatic N) is 2. The Morgan fingerprint density at radius 2 is 2.06 bits per heavy atom. The first-order valence-electron chi connectivity index (χ1n) is 5.08. The molecule has 3 N–H and O–H groups in total. The van der Waals surface area contributed by atoms with E-state index < -0.39 is 10.0 Å². The zero-order chi connectivity index (χ0) is 13.3. The lowest BCUT2D eigenvalue weighted by Crippen LogP contribution is -2.14. The number of nitrogens with one attached hydrogen (secondary N) is 1. The van der Waals surface area contributed by atoms with Crippen LogP contribution in [0.3, 0.4) is 0 Å². The lowest BCUT2D eigenvalue weighted by atomic mass is 10.2. The molecule has 1 heterocycles. The number of rotatable bonds is 3. The number of sulfonamides is 1. The molecule has 0 aliphatic heterocycles. The van der Waals surface area contributed by atoms with Crippen LogP contribution in [0.25, 0.3) is 0 Å². The van der Waals surface area contributed by atoms with Crippen molar-refractivity contribution in [1.82, 2.24) is 10.1 Å². The van der Waals surface area contributed by atoms with Crippen molar-refractivity contribution in [3.05, 3.63) is 29.6 Å². The highest BCUT2D eigenvalue weighted by Gasteiger charge is 2.19. The maximum atomic E-state index is 12.1. The molecule has 0 spiro atoms. The number of hydrogen-bond donors (Lipinski definition) is 2. The quantitative estimate of drug-likeness (QED) is 0.805. The van der Waals surface area contributed by atoms with Crippen molar-refractivity contribution in [2.75, 3.05) is 10.5 Å². The van der Waals surface area contributed by atoms with E-state index in [1.54, 1.807) is 26.0 Å². The molecule has 1 aromatic carbocycles. The minimum absolute atomic E-state index is 0.0818. The number of aryl methyl sites for hydroxylation is 2. The van der Waals surface area contributed by atoms with Gasteiger partial charge in [0.05, 0.1) is 4.90 Å². The van der Waals surface area contributed by atoms with Gasteiger partial charge in [-0.2, -0.15) is 4.98 Å². The van der Waals surface area contributed by atoms with Crippen LogP contribution < -0.4 is 10.5 Å². The van der Waals surface area contributed by atoms with Crippen molar-refractivity contribution < 1.29 is 12.9 Å². The predicted molar refractivity (Wildman–Crippen MR) is 65.4 cm³/mol. The number of nitrogens with two attached hydrogens (primary N) is 1. The van der Waals surface area contributed by atoms with Crippen molar-refractivity contribution in [1.29, 1.82) is 0 Å². The first-order valence-corrected chi connectivity index (χ1v) is 6.56. The summed E-state index contributed by atoms with van der Waals surface area (Å²) in [5, 5.41) is 3.50. The average molecular weight is 268 g/mol. The van der Waals surface area contributed by atoms with E-state index in [-0.39, 0.29) is 10.9 Å². The van der Waals surface area contributed by atoms with Gasteiger partial charge in [-0.25, -0.2) is 13.1 Å². The van der Waals surface area contributed by atoms with Crippen LogP contribution in [-0.4, -0.2) is 18.6 Å². The van der Waals surface area contributed by atoms with E-state index in [0.717, 1.165) is 0 Å². The summed E-state index contributed by atoms with van der Waals surface area (Å²) in [5.74, 6) is 0.344. The third kappa shape index (κ3) is 2.43. The van der Waals surface area contributed by atoms with Gasteiger partial charge < -0.3 is 10.3 Å². The molecule has 0 saturated heterocycles. The molecule has 2 rings (SSSR count). The number of nitrogen functional groups attached to an aromatic ring is 1. The second kappa shape index (κ2) is 4.30. The molecule has 0 aliphatic carbocycles. The van der Waals surface area contributed by atoms with Crippen LogP contribution in [0.2, 0.25) is 0 Å². The predicted octanol–water partition coefficient (Wildman–Crippen LogP) is 1.07. The molecule has 0 radical (unpaired) electrons. The molecule has 18 heavy (non-hydrogen) atoms. The Labute approximate surface area is 104 Å². The van der Waals surface area contributed by atoms with Crippen molar-refractivity contribution in [2.24, 2.45) is 0 Å². The fourth-order valence-electron chi connectivity index (χ4n) is 1.41. The average Bonchev–Trinajstić information content (AvgIpc) is 2.66. The Morgan fingerprint density at radius 1 is 1.33 bits per heavy atom. The van der Waals surface area contributed by atoms with Gasteiger partial charge in [0.1, 0.15) is 0 Å². The zero-order valence-corrected chi connectivity index (χ0v) is 10.7. The van der Waals surface area contributed by atoms with Gasteiger partial charge in [-0.05, 0) is 31.5 Å². The highest BCUT2D eigenvalue weighted by molar-refractivity contribution is 7.92. The van der Waals surface area contributed by atoms with Crippen LogP contribution in [0.4, 0.5) is 11.7 Å². The molecule has 0 fully saturated rings. The van der Waals surface area contributed by atoms with Crippen molar-refractivity contribution >= 4 is 21.7 Å². The summed E-state index contributed by atoms with van der Waals surface area (Å²) in [6, 6.07) is 4.46. The number of anilines is 2. The zero-order valence-electron chi connectivity index (χ0n) is 9.84. The van der Waals surface area contributed by atoms with E-state index in [0.29, 0.717) is 17.1 Å². The van der Waals surface area contributed by atoms with Crippen molar-refractivity contribution in [3.8, 4) is 0 Å². The van der Waals surface area contributed by atoms with Crippen LogP contribution in [0.1, 0.15) is 11.4 Å². The fourth-order valence-corrected chi connectivity index (χ4v) is 2.62. The largest absolute Gasteiger partial charge is 0.399 e. The summed E-state index contributed by atoms with van der Waals surface area (Å²) >= 11 is 0. The number of aromatic nitrogens is 2. The molecule has 96 valence electrons. The smallest absolute Gasteiger partial charge is 0.335 e. The summed E-state index contributed by atoms with van der Waals surface area (Å²) in [7, 11) is -3.78. The van der Waals surface area contributed by atoms with Crippen molar-refractivity contribution in [2.45, 2.75) is 18.7 Å². The molecule has 7 nitrogen and oxygen atoms in total. The highest BCUT2D eigenvalue weighted by Crippen LogP contribution is 2.20. The normalized spacial score (nSPS) is 11.4. The van der Waals surface area contributed by atoms with E-state index in [9.17, 15) is 8.42 Å². The van der Waals surface area contributed by atoms with Crippen LogP contribution in [0.15, 0.2) is 27.6 Å². The molecule has 8 heteroatoms. The molecule has 0 bridgehead atoms. The molecular formula is C10H12N4O3S. The molecule has 1 aromatic heterocycles. The van der Waals surface area contributed by atoms with E-state index in [1.807, 2.05) is 0 Å². The third-order valence-corrected chi connectivity index (χ3v) is 3.71. The Balaban J connectivity index is 2.39. The monoisotopic (exact) mass is 268 g/mol.